The van der Waals surface area contributed by atoms with E-state index in [9.17, 15) is 18.5 Å². The number of aliphatic imine (C=N–C) groups is 1. The number of aldehydes is 1. The van der Waals surface area contributed by atoms with Gasteiger partial charge in [0.25, 0.3) is 0 Å². The van der Waals surface area contributed by atoms with Gasteiger partial charge in [-0.1, -0.05) is 0 Å². The summed E-state index contributed by atoms with van der Waals surface area (Å²) in [5, 5.41) is 15.7. The van der Waals surface area contributed by atoms with Gasteiger partial charge in [-0.05, 0) is 69.7 Å². The number of allylic oxidation sites excluding steroid dienone is 1. The standard InChI is InChI=1S/C25H34N6O4S/c1-24(2,3)31-16-18-15-19(5-6-22(18)36(31,33)34)29-23(27)20(17-32)21(7-12-28-4)30-25(8-11-26)9-13-35-14-10-25/h5-7,12,15,17,28,30H,8-10,13-14,16H2,1-4H3,(H2,27,29)/b12-7-,21-20-. The van der Waals surface area contributed by atoms with Crippen molar-refractivity contribution < 1.29 is 17.9 Å². The van der Waals surface area contributed by atoms with E-state index in [0.717, 1.165) is 0 Å². The first-order chi connectivity index (χ1) is 17.0. The highest BCUT2D eigenvalue weighted by molar-refractivity contribution is 7.89. The van der Waals surface area contributed by atoms with Gasteiger partial charge in [-0.25, -0.2) is 13.4 Å². The number of rotatable bonds is 8. The molecule has 1 aromatic rings. The van der Waals surface area contributed by atoms with E-state index >= 15 is 0 Å². The zero-order valence-electron chi connectivity index (χ0n) is 21.2. The maximum atomic E-state index is 12.9. The van der Waals surface area contributed by atoms with Crippen molar-refractivity contribution in [2.45, 2.75) is 62.6 Å². The third kappa shape index (κ3) is 5.78. The summed E-state index contributed by atoms with van der Waals surface area (Å²) in [4.78, 5) is 16.9. The minimum absolute atomic E-state index is 0.0269. The first-order valence-electron chi connectivity index (χ1n) is 11.7. The monoisotopic (exact) mass is 514 g/mol. The van der Waals surface area contributed by atoms with Crippen molar-refractivity contribution in [3.63, 3.8) is 0 Å². The van der Waals surface area contributed by atoms with Crippen molar-refractivity contribution in [3.05, 3.63) is 47.3 Å². The maximum absolute atomic E-state index is 12.9. The Labute approximate surface area is 212 Å². The number of ether oxygens (including phenoxy) is 1. The molecule has 11 heteroatoms. The summed E-state index contributed by atoms with van der Waals surface area (Å²) in [6.07, 6.45) is 5.39. The van der Waals surface area contributed by atoms with Crippen LogP contribution in [0.1, 0.15) is 45.6 Å². The van der Waals surface area contributed by atoms with Crippen LogP contribution in [0.4, 0.5) is 5.69 Å². The molecule has 2 aliphatic rings. The van der Waals surface area contributed by atoms with Crippen molar-refractivity contribution in [3.8, 4) is 6.07 Å². The minimum Gasteiger partial charge on any atom is -0.394 e. The summed E-state index contributed by atoms with van der Waals surface area (Å²) >= 11 is 0. The van der Waals surface area contributed by atoms with Crippen LogP contribution in [0.5, 0.6) is 0 Å². The van der Waals surface area contributed by atoms with Gasteiger partial charge in [-0.15, -0.1) is 0 Å². The summed E-state index contributed by atoms with van der Waals surface area (Å²) in [5.74, 6) is -0.0269. The van der Waals surface area contributed by atoms with Gasteiger partial charge in [0.05, 0.1) is 39.9 Å². The summed E-state index contributed by atoms with van der Waals surface area (Å²) < 4.78 is 32.8. The third-order valence-electron chi connectivity index (χ3n) is 6.29. The van der Waals surface area contributed by atoms with Crippen LogP contribution in [0.25, 0.3) is 0 Å². The van der Waals surface area contributed by atoms with E-state index in [1.807, 2.05) is 20.8 Å². The summed E-state index contributed by atoms with van der Waals surface area (Å²) in [6.45, 7) is 6.78. The van der Waals surface area contributed by atoms with Gasteiger partial charge in [0.2, 0.25) is 10.0 Å². The molecule has 1 saturated heterocycles. The molecule has 2 heterocycles. The number of fused-ring (bicyclic) bond motifs is 1. The van der Waals surface area contributed by atoms with Gasteiger partial charge in [0.15, 0.2) is 6.29 Å². The fourth-order valence-electron chi connectivity index (χ4n) is 4.34. The molecule has 0 bridgehead atoms. The Morgan fingerprint density at radius 1 is 1.33 bits per heavy atom. The molecular formula is C25H34N6O4S. The zero-order chi connectivity index (χ0) is 26.6. The molecule has 194 valence electrons. The Bertz CT molecular complexity index is 1230. The number of carbonyl (C=O) groups is 1. The summed E-state index contributed by atoms with van der Waals surface area (Å²) in [5.41, 5.74) is 6.79. The minimum atomic E-state index is -3.60. The lowest BCUT2D eigenvalue weighted by molar-refractivity contribution is -0.104. The number of benzene rings is 1. The SMILES string of the molecule is CN/C=C\C(NC1(CC#N)CCOCC1)=C(/C=O)C(N)=Nc1ccc2c(c1)CN(C(C)(C)C)S2(=O)=O. The second-order valence-corrected chi connectivity index (χ2v) is 11.7. The number of hydrogen-bond donors (Lipinski definition) is 3. The Hall–Kier alpha value is -3.20. The van der Waals surface area contributed by atoms with Crippen LogP contribution >= 0.6 is 0 Å². The van der Waals surface area contributed by atoms with Gasteiger partial charge in [0, 0.05) is 32.3 Å². The lowest BCUT2D eigenvalue weighted by Crippen LogP contribution is -2.49. The number of nitrogens with zero attached hydrogens (tertiary/aromatic N) is 3. The van der Waals surface area contributed by atoms with E-state index in [2.05, 4.69) is 21.7 Å². The van der Waals surface area contributed by atoms with E-state index in [4.69, 9.17) is 10.5 Å². The molecule has 0 atom stereocenters. The first-order valence-corrected chi connectivity index (χ1v) is 13.2. The lowest BCUT2D eigenvalue weighted by Gasteiger charge is -2.37. The fraction of sp³-hybridized carbons (Fsp3) is 0.480. The largest absolute Gasteiger partial charge is 0.394 e. The van der Waals surface area contributed by atoms with E-state index < -0.39 is 21.1 Å². The predicted octanol–water partition coefficient (Wildman–Crippen LogP) is 2.22. The van der Waals surface area contributed by atoms with Gasteiger partial charge in [-0.3, -0.25) is 4.79 Å². The number of carbonyl (C=O) groups excluding carboxylic acids is 1. The van der Waals surface area contributed by atoms with Crippen LogP contribution < -0.4 is 16.4 Å². The second-order valence-electron chi connectivity index (χ2n) is 9.89. The van der Waals surface area contributed by atoms with Gasteiger partial charge in [-0.2, -0.15) is 9.57 Å². The number of nitrogens with two attached hydrogens (primary N) is 1. The molecule has 0 spiro atoms. The number of amidine groups is 1. The highest BCUT2D eigenvalue weighted by atomic mass is 32.2. The molecule has 4 N–H and O–H groups in total. The van der Waals surface area contributed by atoms with Crippen molar-refractivity contribution in [1.29, 1.82) is 5.26 Å². The normalized spacial score (nSPS) is 20.4. The predicted molar refractivity (Wildman–Crippen MR) is 138 cm³/mol. The Morgan fingerprint density at radius 3 is 2.61 bits per heavy atom. The number of nitrogens with one attached hydrogen (secondary N) is 2. The molecule has 2 aliphatic heterocycles. The van der Waals surface area contributed by atoms with Crippen molar-refractivity contribution in [2.24, 2.45) is 10.7 Å². The summed E-state index contributed by atoms with van der Waals surface area (Å²) in [6, 6.07) is 7.01. The van der Waals surface area contributed by atoms with E-state index in [-0.39, 0.29) is 29.3 Å². The highest BCUT2D eigenvalue weighted by Gasteiger charge is 2.41. The van der Waals surface area contributed by atoms with Crippen LogP contribution in [0.3, 0.4) is 0 Å². The van der Waals surface area contributed by atoms with Crippen LogP contribution in [0.2, 0.25) is 0 Å². The topological polar surface area (TPSA) is 150 Å². The molecule has 1 fully saturated rings. The molecule has 0 saturated carbocycles. The smallest absolute Gasteiger partial charge is 0.244 e. The Kier molecular flexibility index (Phi) is 8.23. The van der Waals surface area contributed by atoms with E-state index in [1.165, 1.54) is 10.4 Å². The quantitative estimate of drug-likeness (QED) is 0.157. The zero-order valence-corrected chi connectivity index (χ0v) is 22.0. The summed E-state index contributed by atoms with van der Waals surface area (Å²) in [7, 11) is -1.87. The van der Waals surface area contributed by atoms with Crippen molar-refractivity contribution in [2.75, 3.05) is 20.3 Å². The maximum Gasteiger partial charge on any atom is 0.244 e. The van der Waals surface area contributed by atoms with E-state index in [1.54, 1.807) is 31.5 Å². The molecule has 36 heavy (non-hydrogen) atoms. The van der Waals surface area contributed by atoms with Gasteiger partial charge >= 0.3 is 0 Å². The molecule has 10 nitrogen and oxygen atoms in total. The highest BCUT2D eigenvalue weighted by Crippen LogP contribution is 2.37. The molecule has 0 aliphatic carbocycles. The fourth-order valence-corrected chi connectivity index (χ4v) is 6.30. The molecular weight excluding hydrogens is 480 g/mol. The van der Waals surface area contributed by atoms with Gasteiger partial charge < -0.3 is 21.1 Å². The van der Waals surface area contributed by atoms with Crippen LogP contribution in [-0.4, -0.2) is 56.2 Å². The average Bonchev–Trinajstić information content (AvgIpc) is 3.09. The first kappa shape index (κ1) is 27.4. The molecule has 1 aromatic carbocycles. The molecule has 0 amide bonds. The Balaban J connectivity index is 2.01. The molecule has 3 rings (SSSR count). The third-order valence-corrected chi connectivity index (χ3v) is 8.50. The Morgan fingerprint density at radius 2 is 2.03 bits per heavy atom. The van der Waals surface area contributed by atoms with Crippen molar-refractivity contribution >= 4 is 27.8 Å². The van der Waals surface area contributed by atoms with Crippen LogP contribution in [0, 0.1) is 11.3 Å². The number of nitriles is 1. The average molecular weight is 515 g/mol. The van der Waals surface area contributed by atoms with Gasteiger partial charge in [0.1, 0.15) is 5.84 Å². The van der Waals surface area contributed by atoms with Crippen LogP contribution in [-0.2, 0) is 26.1 Å². The second kappa shape index (κ2) is 10.8. The van der Waals surface area contributed by atoms with E-state index in [0.29, 0.717) is 49.3 Å². The number of hydrogen-bond acceptors (Lipinski definition) is 8. The molecule has 0 unspecified atom stereocenters. The van der Waals surface area contributed by atoms with Crippen molar-refractivity contribution in [1.82, 2.24) is 14.9 Å². The van der Waals surface area contributed by atoms with Crippen LogP contribution in [0.15, 0.2) is 51.6 Å². The lowest BCUT2D eigenvalue weighted by atomic mass is 9.86. The molecule has 0 aromatic heterocycles. The molecule has 0 radical (unpaired) electrons. The number of sulfonamides is 1.